The number of nitrogens with zero attached hydrogens (tertiary/aromatic N) is 2. The van der Waals surface area contributed by atoms with E-state index in [0.717, 1.165) is 33.8 Å². The summed E-state index contributed by atoms with van der Waals surface area (Å²) < 4.78 is 20.7. The summed E-state index contributed by atoms with van der Waals surface area (Å²) in [5, 5.41) is 1.57. The second-order valence-electron chi connectivity index (χ2n) is 8.03. The average Bonchev–Trinajstić information content (AvgIpc) is 3.07. The molecular formula is C24H20ClFN2OS. The molecule has 0 radical (unpaired) electrons. The van der Waals surface area contributed by atoms with Crippen molar-refractivity contribution in [3.8, 4) is 22.8 Å². The molecule has 30 heavy (non-hydrogen) atoms. The van der Waals surface area contributed by atoms with Gasteiger partial charge in [-0.25, -0.2) is 14.4 Å². The lowest BCUT2D eigenvalue weighted by molar-refractivity contribution is 0.272. The van der Waals surface area contributed by atoms with E-state index < -0.39 is 0 Å². The molecule has 0 unspecified atom stereocenters. The Morgan fingerprint density at radius 2 is 1.90 bits per heavy atom. The molecule has 1 saturated carbocycles. The third-order valence-electron chi connectivity index (χ3n) is 5.89. The first-order valence-corrected chi connectivity index (χ1v) is 11.1. The minimum Gasteiger partial charge on any atom is -0.439 e. The molecule has 0 spiro atoms. The summed E-state index contributed by atoms with van der Waals surface area (Å²) in [5.41, 5.74) is 3.12. The summed E-state index contributed by atoms with van der Waals surface area (Å²) >= 11 is 8.28. The van der Waals surface area contributed by atoms with Crippen molar-refractivity contribution in [2.75, 3.05) is 0 Å². The van der Waals surface area contributed by atoms with E-state index in [4.69, 9.17) is 16.3 Å². The quantitative estimate of drug-likeness (QED) is 0.327. The van der Waals surface area contributed by atoms with Gasteiger partial charge in [-0.2, -0.15) is 0 Å². The third-order valence-corrected chi connectivity index (χ3v) is 7.18. The van der Waals surface area contributed by atoms with Crippen LogP contribution in [0.3, 0.4) is 0 Å². The summed E-state index contributed by atoms with van der Waals surface area (Å²) in [6.45, 7) is 4.17. The van der Waals surface area contributed by atoms with Crippen molar-refractivity contribution in [3.63, 3.8) is 0 Å². The van der Waals surface area contributed by atoms with Gasteiger partial charge in [0.2, 0.25) is 5.88 Å². The number of benzene rings is 2. The van der Waals surface area contributed by atoms with Crippen LogP contribution in [0, 0.1) is 12.7 Å². The molecule has 4 aromatic rings. The number of aromatic nitrogens is 2. The van der Waals surface area contributed by atoms with E-state index in [1.54, 1.807) is 18.2 Å². The fourth-order valence-electron chi connectivity index (χ4n) is 4.04. The molecular weight excluding hydrogens is 419 g/mol. The zero-order chi connectivity index (χ0) is 20.9. The van der Waals surface area contributed by atoms with Gasteiger partial charge in [0.05, 0.1) is 10.0 Å². The Balaban J connectivity index is 1.51. The second-order valence-corrected chi connectivity index (χ2v) is 9.59. The first kappa shape index (κ1) is 19.5. The normalized spacial score (nSPS) is 15.2. The van der Waals surface area contributed by atoms with Crippen molar-refractivity contribution in [2.45, 2.75) is 38.5 Å². The van der Waals surface area contributed by atoms with Crippen molar-refractivity contribution < 1.29 is 9.13 Å². The highest BCUT2D eigenvalue weighted by Gasteiger charge is 2.35. The van der Waals surface area contributed by atoms with Crippen LogP contribution >= 0.6 is 22.9 Å². The van der Waals surface area contributed by atoms with E-state index in [9.17, 15) is 4.39 Å². The molecule has 2 aromatic heterocycles. The lowest BCUT2D eigenvalue weighted by Gasteiger charge is -2.39. The molecule has 0 bridgehead atoms. The fourth-order valence-corrected chi connectivity index (χ4v) is 5.28. The van der Waals surface area contributed by atoms with Gasteiger partial charge in [-0.15, -0.1) is 0 Å². The second kappa shape index (κ2) is 7.33. The molecule has 0 aliphatic heterocycles. The van der Waals surface area contributed by atoms with Crippen molar-refractivity contribution in [1.82, 2.24) is 9.97 Å². The summed E-state index contributed by atoms with van der Waals surface area (Å²) in [4.78, 5) is 9.74. The van der Waals surface area contributed by atoms with Gasteiger partial charge in [0, 0.05) is 17.2 Å². The molecule has 0 N–H and O–H groups in total. The van der Waals surface area contributed by atoms with Gasteiger partial charge in [0.25, 0.3) is 0 Å². The van der Waals surface area contributed by atoms with Crippen LogP contribution in [-0.4, -0.2) is 9.97 Å². The van der Waals surface area contributed by atoms with E-state index in [0.29, 0.717) is 27.8 Å². The minimum absolute atomic E-state index is 0.0733. The van der Waals surface area contributed by atoms with E-state index in [2.05, 4.69) is 23.0 Å². The van der Waals surface area contributed by atoms with Gasteiger partial charge in [0.1, 0.15) is 21.9 Å². The number of thiazole rings is 1. The van der Waals surface area contributed by atoms with E-state index in [1.165, 1.54) is 23.8 Å². The highest BCUT2D eigenvalue weighted by Crippen LogP contribution is 2.48. The monoisotopic (exact) mass is 438 g/mol. The van der Waals surface area contributed by atoms with Crippen LogP contribution in [0.2, 0.25) is 5.02 Å². The summed E-state index contributed by atoms with van der Waals surface area (Å²) in [6, 6.07) is 14.2. The highest BCUT2D eigenvalue weighted by molar-refractivity contribution is 7.18. The molecule has 0 saturated heterocycles. The molecule has 1 aliphatic carbocycles. The highest BCUT2D eigenvalue weighted by atomic mass is 35.5. The Labute approximate surface area is 183 Å². The Hall–Kier alpha value is -2.50. The first-order valence-electron chi connectivity index (χ1n) is 9.94. The smallest absolute Gasteiger partial charge is 0.220 e. The summed E-state index contributed by atoms with van der Waals surface area (Å²) in [7, 11) is 0. The number of halogens is 2. The Morgan fingerprint density at radius 3 is 2.67 bits per heavy atom. The Kier molecular flexibility index (Phi) is 4.75. The van der Waals surface area contributed by atoms with Crippen LogP contribution in [-0.2, 0) is 5.41 Å². The van der Waals surface area contributed by atoms with Gasteiger partial charge < -0.3 is 4.74 Å². The SMILES string of the molecule is Cc1nc2ccc(Oc3ccc(F)c(-c4cccc(C5(C)CCC5)c4Cl)c3)nc2s1. The summed E-state index contributed by atoms with van der Waals surface area (Å²) in [5.74, 6) is 0.628. The van der Waals surface area contributed by atoms with Crippen LogP contribution in [0.15, 0.2) is 48.5 Å². The van der Waals surface area contributed by atoms with Gasteiger partial charge in [-0.1, -0.05) is 54.5 Å². The standard InChI is InChI=1S/C24H20ClFN2OS/c1-14-27-20-9-10-21(28-23(20)30-14)29-15-7-8-19(26)17(13-15)16-5-3-6-18(22(16)25)24(2)11-4-12-24/h3,5-10,13H,4,11-12H2,1-2H3. The van der Waals surface area contributed by atoms with Gasteiger partial charge in [-0.05, 0) is 55.0 Å². The van der Waals surface area contributed by atoms with E-state index in [1.807, 2.05) is 25.1 Å². The maximum Gasteiger partial charge on any atom is 0.220 e. The maximum absolute atomic E-state index is 14.8. The molecule has 1 aliphatic rings. The predicted octanol–water partition coefficient (Wildman–Crippen LogP) is 7.69. The largest absolute Gasteiger partial charge is 0.439 e. The predicted molar refractivity (Wildman–Crippen MR) is 120 cm³/mol. The Morgan fingerprint density at radius 1 is 1.07 bits per heavy atom. The molecule has 2 heterocycles. The number of pyridine rings is 1. The number of ether oxygens (including phenoxy) is 1. The van der Waals surface area contributed by atoms with Crippen molar-refractivity contribution in [2.24, 2.45) is 0 Å². The lowest BCUT2D eigenvalue weighted by atomic mass is 9.66. The van der Waals surface area contributed by atoms with Crippen LogP contribution < -0.4 is 4.74 Å². The fraction of sp³-hybridized carbons (Fsp3) is 0.250. The molecule has 5 rings (SSSR count). The molecule has 0 amide bonds. The number of fused-ring (bicyclic) bond motifs is 1. The maximum atomic E-state index is 14.8. The van der Waals surface area contributed by atoms with Crippen LogP contribution in [0.1, 0.15) is 36.8 Å². The number of aryl methyl sites for hydroxylation is 1. The molecule has 0 atom stereocenters. The van der Waals surface area contributed by atoms with Gasteiger partial charge >= 0.3 is 0 Å². The molecule has 152 valence electrons. The van der Waals surface area contributed by atoms with Gasteiger partial charge in [0.15, 0.2) is 0 Å². The van der Waals surface area contributed by atoms with E-state index in [-0.39, 0.29) is 11.2 Å². The van der Waals surface area contributed by atoms with E-state index >= 15 is 0 Å². The third kappa shape index (κ3) is 3.36. The van der Waals surface area contributed by atoms with Crippen molar-refractivity contribution in [1.29, 1.82) is 0 Å². The number of hydrogen-bond donors (Lipinski definition) is 0. The molecule has 1 fully saturated rings. The molecule has 6 heteroatoms. The number of rotatable bonds is 4. The topological polar surface area (TPSA) is 35.0 Å². The molecule has 3 nitrogen and oxygen atoms in total. The minimum atomic E-state index is -0.332. The zero-order valence-electron chi connectivity index (χ0n) is 16.7. The zero-order valence-corrected chi connectivity index (χ0v) is 18.3. The van der Waals surface area contributed by atoms with Crippen LogP contribution in [0.4, 0.5) is 4.39 Å². The molecule has 2 aromatic carbocycles. The summed E-state index contributed by atoms with van der Waals surface area (Å²) in [6.07, 6.45) is 3.41. The first-order chi connectivity index (χ1) is 14.4. The van der Waals surface area contributed by atoms with Crippen LogP contribution in [0.5, 0.6) is 11.6 Å². The lowest BCUT2D eigenvalue weighted by Crippen LogP contribution is -2.30. The van der Waals surface area contributed by atoms with Crippen LogP contribution in [0.25, 0.3) is 21.5 Å². The number of hydrogen-bond acceptors (Lipinski definition) is 4. The van der Waals surface area contributed by atoms with Gasteiger partial charge in [-0.3, -0.25) is 0 Å². The van der Waals surface area contributed by atoms with Crippen molar-refractivity contribution in [3.05, 3.63) is 69.9 Å². The Bertz CT molecular complexity index is 1270. The van der Waals surface area contributed by atoms with Crippen molar-refractivity contribution >= 4 is 33.3 Å². The average molecular weight is 439 g/mol.